The molecular formula is C15H15Br2ClN2. The molecule has 3 N–H and O–H groups in total. The number of halogens is 3. The second kappa shape index (κ2) is 7.05. The van der Waals surface area contributed by atoms with Crippen molar-refractivity contribution in [1.29, 1.82) is 0 Å². The predicted octanol–water partition coefficient (Wildman–Crippen LogP) is 4.92. The van der Waals surface area contributed by atoms with E-state index in [2.05, 4.69) is 56.3 Å². The van der Waals surface area contributed by atoms with Gasteiger partial charge in [-0.05, 0) is 48.2 Å². The van der Waals surface area contributed by atoms with E-state index in [0.717, 1.165) is 31.5 Å². The standard InChI is InChI=1S/C15H15Br2ClN2/c1-9-6-11(3-5-13(9)17)15(20-19)7-10-2-4-12(16)8-14(10)18/h2-6,8,15,20H,7,19H2,1H3. The normalized spacial score (nSPS) is 12.4. The molecule has 0 bridgehead atoms. The van der Waals surface area contributed by atoms with Crippen LogP contribution in [0.2, 0.25) is 5.02 Å². The molecule has 0 aromatic heterocycles. The zero-order valence-corrected chi connectivity index (χ0v) is 14.9. The molecule has 2 nitrogen and oxygen atoms in total. The maximum atomic E-state index is 6.27. The molecule has 20 heavy (non-hydrogen) atoms. The van der Waals surface area contributed by atoms with Crippen LogP contribution in [-0.2, 0) is 6.42 Å². The Bertz CT molecular complexity index is 617. The van der Waals surface area contributed by atoms with E-state index in [1.165, 1.54) is 5.56 Å². The van der Waals surface area contributed by atoms with E-state index >= 15 is 0 Å². The number of benzene rings is 2. The zero-order valence-electron chi connectivity index (χ0n) is 11.0. The van der Waals surface area contributed by atoms with E-state index in [4.69, 9.17) is 17.4 Å². The summed E-state index contributed by atoms with van der Waals surface area (Å²) in [6.07, 6.45) is 0.740. The van der Waals surface area contributed by atoms with Gasteiger partial charge in [-0.25, -0.2) is 0 Å². The van der Waals surface area contributed by atoms with E-state index in [-0.39, 0.29) is 6.04 Å². The molecule has 0 radical (unpaired) electrons. The van der Waals surface area contributed by atoms with Gasteiger partial charge in [0.15, 0.2) is 0 Å². The lowest BCUT2D eigenvalue weighted by atomic mass is 9.98. The lowest BCUT2D eigenvalue weighted by molar-refractivity contribution is 0.551. The maximum absolute atomic E-state index is 6.27. The molecule has 0 saturated carbocycles. The van der Waals surface area contributed by atoms with Gasteiger partial charge in [-0.1, -0.05) is 61.7 Å². The molecule has 0 saturated heterocycles. The van der Waals surface area contributed by atoms with Gasteiger partial charge in [0.25, 0.3) is 0 Å². The fourth-order valence-electron chi connectivity index (χ4n) is 2.06. The first kappa shape index (κ1) is 16.0. The molecule has 1 unspecified atom stereocenters. The summed E-state index contributed by atoms with van der Waals surface area (Å²) in [5, 5.41) is 0.744. The van der Waals surface area contributed by atoms with Crippen LogP contribution in [-0.4, -0.2) is 0 Å². The first-order chi connectivity index (χ1) is 9.51. The van der Waals surface area contributed by atoms with Gasteiger partial charge in [0.2, 0.25) is 0 Å². The molecule has 106 valence electrons. The third kappa shape index (κ3) is 3.83. The summed E-state index contributed by atoms with van der Waals surface area (Å²) in [6.45, 7) is 2.06. The monoisotopic (exact) mass is 416 g/mol. The highest BCUT2D eigenvalue weighted by molar-refractivity contribution is 9.10. The molecule has 0 aliphatic heterocycles. The summed E-state index contributed by atoms with van der Waals surface area (Å²) >= 11 is 13.2. The highest BCUT2D eigenvalue weighted by Gasteiger charge is 2.13. The average molecular weight is 419 g/mol. The lowest BCUT2D eigenvalue weighted by Gasteiger charge is -2.18. The van der Waals surface area contributed by atoms with Crippen LogP contribution >= 0.6 is 43.5 Å². The summed E-state index contributed by atoms with van der Waals surface area (Å²) in [6, 6.07) is 12.2. The van der Waals surface area contributed by atoms with Crippen LogP contribution in [0.4, 0.5) is 0 Å². The van der Waals surface area contributed by atoms with Crippen molar-refractivity contribution in [2.45, 2.75) is 19.4 Å². The topological polar surface area (TPSA) is 38.0 Å². The number of hydrogen-bond donors (Lipinski definition) is 2. The Kier molecular flexibility index (Phi) is 5.64. The summed E-state index contributed by atoms with van der Waals surface area (Å²) < 4.78 is 2.07. The highest BCUT2D eigenvalue weighted by atomic mass is 79.9. The smallest absolute Gasteiger partial charge is 0.0500 e. The Morgan fingerprint density at radius 3 is 2.55 bits per heavy atom. The van der Waals surface area contributed by atoms with Crippen molar-refractivity contribution in [3.05, 3.63) is 67.1 Å². The second-order valence-corrected chi connectivity index (χ2v) is 6.84. The number of aryl methyl sites for hydroxylation is 1. The molecule has 2 aromatic carbocycles. The highest BCUT2D eigenvalue weighted by Crippen LogP contribution is 2.27. The largest absolute Gasteiger partial charge is 0.271 e. The number of rotatable bonds is 4. The van der Waals surface area contributed by atoms with Crippen LogP contribution in [0.25, 0.3) is 0 Å². The SMILES string of the molecule is Cc1cc(C(Cc2ccc(Br)cc2Cl)NN)ccc1Br. The van der Waals surface area contributed by atoms with Crippen molar-refractivity contribution < 1.29 is 0 Å². The summed E-state index contributed by atoms with van der Waals surface area (Å²) in [5.74, 6) is 5.71. The minimum absolute atomic E-state index is 0.0282. The Morgan fingerprint density at radius 1 is 1.20 bits per heavy atom. The minimum Gasteiger partial charge on any atom is -0.271 e. The molecule has 0 fully saturated rings. The Morgan fingerprint density at radius 2 is 1.95 bits per heavy atom. The van der Waals surface area contributed by atoms with Gasteiger partial charge in [0.1, 0.15) is 0 Å². The van der Waals surface area contributed by atoms with Gasteiger partial charge in [-0.3, -0.25) is 11.3 Å². The fourth-order valence-corrected chi connectivity index (χ4v) is 3.06. The number of hydrogen-bond acceptors (Lipinski definition) is 2. The molecule has 0 heterocycles. The van der Waals surface area contributed by atoms with Crippen molar-refractivity contribution in [2.24, 2.45) is 5.84 Å². The van der Waals surface area contributed by atoms with Crippen LogP contribution in [0.5, 0.6) is 0 Å². The van der Waals surface area contributed by atoms with Crippen LogP contribution in [0.1, 0.15) is 22.7 Å². The molecule has 0 amide bonds. The molecule has 0 aliphatic carbocycles. The quantitative estimate of drug-likeness (QED) is 0.546. The fraction of sp³-hybridized carbons (Fsp3) is 0.200. The Hall–Kier alpha value is -0.390. The van der Waals surface area contributed by atoms with E-state index in [9.17, 15) is 0 Å². The first-order valence-corrected chi connectivity index (χ1v) is 8.13. The first-order valence-electron chi connectivity index (χ1n) is 6.17. The lowest BCUT2D eigenvalue weighted by Crippen LogP contribution is -2.29. The minimum atomic E-state index is 0.0282. The van der Waals surface area contributed by atoms with Gasteiger partial charge in [-0.15, -0.1) is 0 Å². The second-order valence-electron chi connectivity index (χ2n) is 4.67. The van der Waals surface area contributed by atoms with Crippen molar-refractivity contribution >= 4 is 43.5 Å². The Labute approximate surface area is 140 Å². The molecule has 2 rings (SSSR count). The van der Waals surface area contributed by atoms with E-state index < -0.39 is 0 Å². The molecule has 1 atom stereocenters. The predicted molar refractivity (Wildman–Crippen MR) is 91.8 cm³/mol. The van der Waals surface area contributed by atoms with Crippen molar-refractivity contribution in [2.75, 3.05) is 0 Å². The average Bonchev–Trinajstić information content (AvgIpc) is 2.41. The molecule has 0 spiro atoms. The number of nitrogens with two attached hydrogens (primary N) is 1. The maximum Gasteiger partial charge on any atom is 0.0500 e. The number of nitrogens with one attached hydrogen (secondary N) is 1. The van der Waals surface area contributed by atoms with Gasteiger partial charge >= 0.3 is 0 Å². The summed E-state index contributed by atoms with van der Waals surface area (Å²) in [4.78, 5) is 0. The van der Waals surface area contributed by atoms with Crippen LogP contribution in [0.3, 0.4) is 0 Å². The van der Waals surface area contributed by atoms with E-state index in [1.807, 2.05) is 24.3 Å². The van der Waals surface area contributed by atoms with Gasteiger partial charge < -0.3 is 0 Å². The third-order valence-corrected chi connectivity index (χ3v) is 4.96. The van der Waals surface area contributed by atoms with Crippen LogP contribution in [0, 0.1) is 6.92 Å². The van der Waals surface area contributed by atoms with Crippen LogP contribution < -0.4 is 11.3 Å². The van der Waals surface area contributed by atoms with Crippen molar-refractivity contribution in [1.82, 2.24) is 5.43 Å². The third-order valence-electron chi connectivity index (χ3n) is 3.22. The van der Waals surface area contributed by atoms with Crippen molar-refractivity contribution in [3.63, 3.8) is 0 Å². The van der Waals surface area contributed by atoms with Gasteiger partial charge in [0, 0.05) is 14.0 Å². The van der Waals surface area contributed by atoms with E-state index in [0.29, 0.717) is 0 Å². The van der Waals surface area contributed by atoms with E-state index in [1.54, 1.807) is 0 Å². The van der Waals surface area contributed by atoms with Crippen LogP contribution in [0.15, 0.2) is 45.3 Å². The summed E-state index contributed by atoms with van der Waals surface area (Å²) in [5.41, 5.74) is 6.27. The van der Waals surface area contributed by atoms with Crippen molar-refractivity contribution in [3.8, 4) is 0 Å². The molecule has 5 heteroatoms. The van der Waals surface area contributed by atoms with Gasteiger partial charge in [-0.2, -0.15) is 0 Å². The number of hydrazine groups is 1. The van der Waals surface area contributed by atoms with Gasteiger partial charge in [0.05, 0.1) is 6.04 Å². The molecule has 0 aliphatic rings. The Balaban J connectivity index is 2.26. The molecular weight excluding hydrogens is 403 g/mol. The molecule has 2 aromatic rings. The summed E-state index contributed by atoms with van der Waals surface area (Å²) in [7, 11) is 0. The zero-order chi connectivity index (χ0) is 14.7.